The number of hydrogen-bond acceptors (Lipinski definition) is 2. The van der Waals surface area contributed by atoms with Gasteiger partial charge in [0.05, 0.1) is 6.07 Å². The molecule has 3 heteroatoms. The molecule has 0 aromatic heterocycles. The number of nitrogens with zero attached hydrogens (tertiary/aromatic N) is 1. The van der Waals surface area contributed by atoms with Crippen molar-refractivity contribution in [1.29, 1.82) is 5.26 Å². The van der Waals surface area contributed by atoms with Crippen molar-refractivity contribution in [2.24, 2.45) is 11.3 Å². The second kappa shape index (κ2) is 6.28. The van der Waals surface area contributed by atoms with Gasteiger partial charge in [-0.05, 0) is 67.7 Å². The zero-order chi connectivity index (χ0) is 15.5. The highest BCUT2D eigenvalue weighted by Gasteiger charge is 2.36. The van der Waals surface area contributed by atoms with Crippen molar-refractivity contribution in [2.45, 2.75) is 58.4 Å². The zero-order valence-corrected chi connectivity index (χ0v) is 14.0. The number of benzene rings is 1. The lowest BCUT2D eigenvalue weighted by Gasteiger charge is -2.31. The second-order valence-corrected chi connectivity index (χ2v) is 7.76. The first kappa shape index (κ1) is 16.2. The molecule has 1 aromatic rings. The van der Waals surface area contributed by atoms with Crippen molar-refractivity contribution < 1.29 is 0 Å². The smallest absolute Gasteiger partial charge is 0.125 e. The fraction of sp³-hybridized carbons (Fsp3) is 0.611. The van der Waals surface area contributed by atoms with Crippen LogP contribution in [-0.2, 0) is 0 Å². The van der Waals surface area contributed by atoms with Crippen LogP contribution in [0.3, 0.4) is 0 Å². The molecule has 1 N–H and O–H groups in total. The Labute approximate surface area is 133 Å². The van der Waals surface area contributed by atoms with Gasteiger partial charge in [-0.3, -0.25) is 0 Å². The van der Waals surface area contributed by atoms with Gasteiger partial charge < -0.3 is 5.32 Å². The SMILES string of the molecule is CC(C)(C)C1CCCC(C#N)(Nc2ccc(Cl)cc2)CC1. The minimum absolute atomic E-state index is 0.325. The maximum atomic E-state index is 9.73. The molecule has 2 unspecified atom stereocenters. The normalized spacial score (nSPS) is 26.7. The van der Waals surface area contributed by atoms with Crippen LogP contribution in [0.15, 0.2) is 24.3 Å². The van der Waals surface area contributed by atoms with Crippen LogP contribution < -0.4 is 5.32 Å². The molecule has 0 aliphatic heterocycles. The van der Waals surface area contributed by atoms with Gasteiger partial charge in [-0.15, -0.1) is 0 Å². The van der Waals surface area contributed by atoms with Crippen LogP contribution in [0.1, 0.15) is 52.9 Å². The van der Waals surface area contributed by atoms with E-state index in [2.05, 4.69) is 32.2 Å². The molecular weight excluding hydrogens is 280 g/mol. The third kappa shape index (κ3) is 4.14. The van der Waals surface area contributed by atoms with Gasteiger partial charge in [0.1, 0.15) is 5.54 Å². The van der Waals surface area contributed by atoms with Gasteiger partial charge in [0.25, 0.3) is 0 Å². The fourth-order valence-corrected chi connectivity index (χ4v) is 3.41. The summed E-state index contributed by atoms with van der Waals surface area (Å²) in [4.78, 5) is 0. The number of anilines is 1. The topological polar surface area (TPSA) is 35.8 Å². The number of halogens is 1. The fourth-order valence-electron chi connectivity index (χ4n) is 3.28. The van der Waals surface area contributed by atoms with E-state index in [9.17, 15) is 5.26 Å². The van der Waals surface area contributed by atoms with Crippen LogP contribution in [0.4, 0.5) is 5.69 Å². The van der Waals surface area contributed by atoms with Crippen molar-refractivity contribution in [3.63, 3.8) is 0 Å². The number of rotatable bonds is 2. The van der Waals surface area contributed by atoms with Crippen LogP contribution in [0.2, 0.25) is 5.02 Å². The van der Waals surface area contributed by atoms with Crippen molar-refractivity contribution in [2.75, 3.05) is 5.32 Å². The molecule has 0 spiro atoms. The molecule has 0 radical (unpaired) electrons. The Morgan fingerprint density at radius 2 is 1.86 bits per heavy atom. The van der Waals surface area contributed by atoms with Gasteiger partial charge in [-0.25, -0.2) is 0 Å². The molecule has 1 saturated carbocycles. The van der Waals surface area contributed by atoms with Crippen LogP contribution in [-0.4, -0.2) is 5.54 Å². The van der Waals surface area contributed by atoms with Crippen LogP contribution in [0, 0.1) is 22.7 Å². The minimum atomic E-state index is -0.437. The first-order chi connectivity index (χ1) is 9.85. The van der Waals surface area contributed by atoms with E-state index in [1.807, 2.05) is 24.3 Å². The van der Waals surface area contributed by atoms with Crippen molar-refractivity contribution in [3.8, 4) is 6.07 Å². The van der Waals surface area contributed by atoms with Crippen LogP contribution in [0.5, 0.6) is 0 Å². The van der Waals surface area contributed by atoms with E-state index in [4.69, 9.17) is 11.6 Å². The van der Waals surface area contributed by atoms with E-state index >= 15 is 0 Å². The molecule has 0 bridgehead atoms. The maximum absolute atomic E-state index is 9.73. The van der Waals surface area contributed by atoms with Gasteiger partial charge in [0.15, 0.2) is 0 Å². The summed E-state index contributed by atoms with van der Waals surface area (Å²) in [6.45, 7) is 6.93. The monoisotopic (exact) mass is 304 g/mol. The molecule has 21 heavy (non-hydrogen) atoms. The third-order valence-corrected chi connectivity index (χ3v) is 4.99. The van der Waals surface area contributed by atoms with Crippen LogP contribution >= 0.6 is 11.6 Å². The Balaban J connectivity index is 2.11. The summed E-state index contributed by atoms with van der Waals surface area (Å²) in [6, 6.07) is 10.2. The highest BCUT2D eigenvalue weighted by molar-refractivity contribution is 6.30. The second-order valence-electron chi connectivity index (χ2n) is 7.32. The molecule has 0 heterocycles. The molecule has 2 nitrogen and oxygen atoms in total. The van der Waals surface area contributed by atoms with E-state index in [0.29, 0.717) is 11.3 Å². The van der Waals surface area contributed by atoms with E-state index in [1.54, 1.807) is 0 Å². The average molecular weight is 305 g/mol. The largest absolute Gasteiger partial charge is 0.367 e. The lowest BCUT2D eigenvalue weighted by Crippen LogP contribution is -2.36. The third-order valence-electron chi connectivity index (χ3n) is 4.74. The van der Waals surface area contributed by atoms with Gasteiger partial charge >= 0.3 is 0 Å². The number of nitrogens with one attached hydrogen (secondary N) is 1. The average Bonchev–Trinajstić information content (AvgIpc) is 2.64. The van der Waals surface area contributed by atoms with Gasteiger partial charge in [-0.1, -0.05) is 32.4 Å². The highest BCUT2D eigenvalue weighted by Crippen LogP contribution is 2.40. The first-order valence-corrected chi connectivity index (χ1v) is 8.17. The van der Waals surface area contributed by atoms with Crippen molar-refractivity contribution in [1.82, 2.24) is 0 Å². The summed E-state index contributed by atoms with van der Waals surface area (Å²) >= 11 is 5.93. The number of nitriles is 1. The predicted molar refractivity (Wildman–Crippen MR) is 89.4 cm³/mol. The minimum Gasteiger partial charge on any atom is -0.367 e. The molecule has 0 saturated heterocycles. The predicted octanol–water partition coefficient (Wildman–Crippen LogP) is 5.64. The Kier molecular flexibility index (Phi) is 4.84. The van der Waals surface area contributed by atoms with E-state index in [0.717, 1.165) is 36.4 Å². The summed E-state index contributed by atoms with van der Waals surface area (Å²) in [5.74, 6) is 0.694. The summed E-state index contributed by atoms with van der Waals surface area (Å²) in [5, 5.41) is 13.9. The van der Waals surface area contributed by atoms with Crippen LogP contribution in [0.25, 0.3) is 0 Å². The van der Waals surface area contributed by atoms with Gasteiger partial charge in [0.2, 0.25) is 0 Å². The molecule has 2 rings (SSSR count). The Morgan fingerprint density at radius 3 is 2.43 bits per heavy atom. The number of hydrogen-bond donors (Lipinski definition) is 1. The molecule has 1 aromatic carbocycles. The molecule has 2 atom stereocenters. The highest BCUT2D eigenvalue weighted by atomic mass is 35.5. The summed E-state index contributed by atoms with van der Waals surface area (Å²) < 4.78 is 0. The summed E-state index contributed by atoms with van der Waals surface area (Å²) in [5.41, 5.74) is 0.870. The summed E-state index contributed by atoms with van der Waals surface area (Å²) in [6.07, 6.45) is 5.26. The molecular formula is C18H25ClN2. The van der Waals surface area contributed by atoms with Gasteiger partial charge in [0, 0.05) is 10.7 Å². The Morgan fingerprint density at radius 1 is 1.19 bits per heavy atom. The zero-order valence-electron chi connectivity index (χ0n) is 13.2. The van der Waals surface area contributed by atoms with E-state index in [1.165, 1.54) is 6.42 Å². The van der Waals surface area contributed by atoms with E-state index < -0.39 is 5.54 Å². The van der Waals surface area contributed by atoms with Crippen molar-refractivity contribution >= 4 is 17.3 Å². The summed E-state index contributed by atoms with van der Waals surface area (Å²) in [7, 11) is 0. The Hall–Kier alpha value is -1.20. The lowest BCUT2D eigenvalue weighted by molar-refractivity contribution is 0.213. The standard InChI is InChI=1S/C18H25ClN2/c1-17(2,3)14-5-4-11-18(13-20,12-10-14)21-16-8-6-15(19)7-9-16/h6-9,14,21H,4-5,10-12H2,1-3H3. The Bertz CT molecular complexity index is 510. The molecule has 114 valence electrons. The van der Waals surface area contributed by atoms with Crippen molar-refractivity contribution in [3.05, 3.63) is 29.3 Å². The quantitative estimate of drug-likeness (QED) is 0.718. The lowest BCUT2D eigenvalue weighted by atomic mass is 9.76. The molecule has 1 aliphatic rings. The molecule has 0 amide bonds. The molecule has 1 fully saturated rings. The molecule has 1 aliphatic carbocycles. The first-order valence-electron chi connectivity index (χ1n) is 7.80. The van der Waals surface area contributed by atoms with E-state index in [-0.39, 0.29) is 0 Å². The van der Waals surface area contributed by atoms with Gasteiger partial charge in [-0.2, -0.15) is 5.26 Å². The maximum Gasteiger partial charge on any atom is 0.125 e.